The fourth-order valence-electron chi connectivity index (χ4n) is 2.08. The van der Waals surface area contributed by atoms with E-state index in [1.54, 1.807) is 18.3 Å². The number of hydrogen-bond donors (Lipinski definition) is 4. The third-order valence-corrected chi connectivity index (χ3v) is 3.35. The van der Waals surface area contributed by atoms with Gasteiger partial charge in [0.25, 0.3) is 0 Å². The molecule has 1 heterocycles. The number of nitrogens with two attached hydrogens (primary N) is 2. The summed E-state index contributed by atoms with van der Waals surface area (Å²) in [4.78, 5) is 44.0. The lowest BCUT2D eigenvalue weighted by atomic mass is 10.2. The van der Waals surface area contributed by atoms with Crippen molar-refractivity contribution in [2.75, 3.05) is 24.5 Å². The van der Waals surface area contributed by atoms with E-state index >= 15 is 0 Å². The van der Waals surface area contributed by atoms with Crippen molar-refractivity contribution in [3.05, 3.63) is 24.5 Å². The fourth-order valence-corrected chi connectivity index (χ4v) is 2.08. The number of nitrogens with one attached hydrogen (secondary N) is 1. The Kier molecular flexibility index (Phi) is 9.15. The van der Waals surface area contributed by atoms with Crippen LogP contribution < -0.4 is 21.7 Å². The lowest BCUT2D eigenvalue weighted by molar-refractivity contribution is -0.136. The second kappa shape index (κ2) is 11.4. The number of pyridine rings is 1. The lowest BCUT2D eigenvalue weighted by Crippen LogP contribution is -2.41. The maximum absolute atomic E-state index is 12.4. The van der Waals surface area contributed by atoms with Crippen LogP contribution in [-0.2, 0) is 14.4 Å². The molecule has 0 aliphatic carbocycles. The van der Waals surface area contributed by atoms with E-state index in [2.05, 4.69) is 15.3 Å². The van der Waals surface area contributed by atoms with Gasteiger partial charge < -0.3 is 26.8 Å². The SMILES string of the molecule is NC(N)=NCCCCC(=O)NCC(=O)N(CCC(=O)O)c1cccnc1. The molecule has 0 spiro atoms. The van der Waals surface area contributed by atoms with Gasteiger partial charge >= 0.3 is 5.97 Å². The van der Waals surface area contributed by atoms with Crippen molar-refractivity contribution in [3.63, 3.8) is 0 Å². The molecule has 0 aromatic carbocycles. The minimum atomic E-state index is -1.02. The average Bonchev–Trinajstić information content (AvgIpc) is 2.60. The molecule has 10 heteroatoms. The maximum Gasteiger partial charge on any atom is 0.305 e. The summed E-state index contributed by atoms with van der Waals surface area (Å²) < 4.78 is 0. The molecule has 0 radical (unpaired) electrons. The molecule has 0 unspecified atom stereocenters. The monoisotopic (exact) mass is 364 g/mol. The Morgan fingerprint density at radius 3 is 2.62 bits per heavy atom. The van der Waals surface area contributed by atoms with Crippen LogP contribution in [-0.4, -0.2) is 53.5 Å². The Bertz CT molecular complexity index is 631. The van der Waals surface area contributed by atoms with Gasteiger partial charge in [-0.05, 0) is 25.0 Å². The van der Waals surface area contributed by atoms with E-state index in [9.17, 15) is 14.4 Å². The smallest absolute Gasteiger partial charge is 0.305 e. The molecule has 2 amide bonds. The van der Waals surface area contributed by atoms with Crippen LogP contribution in [0.3, 0.4) is 0 Å². The van der Waals surface area contributed by atoms with Crippen molar-refractivity contribution < 1.29 is 19.5 Å². The largest absolute Gasteiger partial charge is 0.481 e. The highest BCUT2D eigenvalue weighted by molar-refractivity contribution is 5.96. The number of carbonyl (C=O) groups is 3. The van der Waals surface area contributed by atoms with Gasteiger partial charge in [-0.15, -0.1) is 0 Å². The predicted molar refractivity (Wildman–Crippen MR) is 96.4 cm³/mol. The highest BCUT2D eigenvalue weighted by Crippen LogP contribution is 2.12. The summed E-state index contributed by atoms with van der Waals surface area (Å²) in [5.41, 5.74) is 10.9. The average molecular weight is 364 g/mol. The number of carboxylic acid groups (broad SMARTS) is 1. The molecule has 10 nitrogen and oxygen atoms in total. The summed E-state index contributed by atoms with van der Waals surface area (Å²) in [5, 5.41) is 11.4. The molecule has 0 atom stereocenters. The molecule has 1 aromatic heterocycles. The third-order valence-electron chi connectivity index (χ3n) is 3.35. The van der Waals surface area contributed by atoms with E-state index in [4.69, 9.17) is 16.6 Å². The zero-order valence-corrected chi connectivity index (χ0v) is 14.4. The number of aromatic nitrogens is 1. The normalized spacial score (nSPS) is 10.0. The van der Waals surface area contributed by atoms with Gasteiger partial charge in [0, 0.05) is 25.7 Å². The zero-order chi connectivity index (χ0) is 19.4. The van der Waals surface area contributed by atoms with Gasteiger partial charge in [-0.1, -0.05) is 0 Å². The van der Waals surface area contributed by atoms with Crippen LogP contribution in [0.1, 0.15) is 25.7 Å². The Labute approximate surface area is 151 Å². The molecule has 6 N–H and O–H groups in total. The van der Waals surface area contributed by atoms with E-state index in [0.29, 0.717) is 25.1 Å². The van der Waals surface area contributed by atoms with Gasteiger partial charge in [-0.3, -0.25) is 24.4 Å². The third kappa shape index (κ3) is 8.62. The number of anilines is 1. The summed E-state index contributed by atoms with van der Waals surface area (Å²) in [6.45, 7) is 0.216. The van der Waals surface area contributed by atoms with E-state index < -0.39 is 11.9 Å². The van der Waals surface area contributed by atoms with Crippen LogP contribution in [0.2, 0.25) is 0 Å². The summed E-state index contributed by atoms with van der Waals surface area (Å²) >= 11 is 0. The molecule has 0 saturated carbocycles. The van der Waals surface area contributed by atoms with Gasteiger partial charge in [0.05, 0.1) is 24.8 Å². The Hall–Kier alpha value is -3.17. The van der Waals surface area contributed by atoms with Crippen LogP contribution in [0.4, 0.5) is 5.69 Å². The Balaban J connectivity index is 2.46. The molecule has 26 heavy (non-hydrogen) atoms. The number of carboxylic acids is 1. The summed E-state index contributed by atoms with van der Waals surface area (Å²) in [6, 6.07) is 3.30. The molecular formula is C16H24N6O4. The van der Waals surface area contributed by atoms with Gasteiger partial charge in [0.2, 0.25) is 11.8 Å². The number of amides is 2. The first-order chi connectivity index (χ1) is 12.4. The highest BCUT2D eigenvalue weighted by Gasteiger charge is 2.17. The Morgan fingerprint density at radius 1 is 1.23 bits per heavy atom. The van der Waals surface area contributed by atoms with Crippen LogP contribution in [0, 0.1) is 0 Å². The first-order valence-corrected chi connectivity index (χ1v) is 8.14. The van der Waals surface area contributed by atoms with Crippen molar-refractivity contribution in [2.24, 2.45) is 16.5 Å². The predicted octanol–water partition coefficient (Wildman–Crippen LogP) is -0.551. The number of unbranched alkanes of at least 4 members (excludes halogenated alkanes) is 1. The van der Waals surface area contributed by atoms with Crippen molar-refractivity contribution in [1.29, 1.82) is 0 Å². The zero-order valence-electron chi connectivity index (χ0n) is 14.4. The number of aliphatic imine (C=N–C) groups is 1. The molecule has 0 aliphatic rings. The van der Waals surface area contributed by atoms with Crippen LogP contribution in [0.5, 0.6) is 0 Å². The van der Waals surface area contributed by atoms with Crippen molar-refractivity contribution in [2.45, 2.75) is 25.7 Å². The quantitative estimate of drug-likeness (QED) is 0.232. The molecule has 0 saturated heterocycles. The number of carbonyl (C=O) groups excluding carboxylic acids is 2. The van der Waals surface area contributed by atoms with Gasteiger partial charge in [-0.2, -0.15) is 0 Å². The minimum absolute atomic E-state index is 0.00571. The van der Waals surface area contributed by atoms with Crippen LogP contribution >= 0.6 is 0 Å². The van der Waals surface area contributed by atoms with Gasteiger partial charge in [-0.25, -0.2) is 0 Å². The second-order valence-electron chi connectivity index (χ2n) is 5.44. The summed E-state index contributed by atoms with van der Waals surface area (Å²) in [7, 11) is 0. The number of hydrogen-bond acceptors (Lipinski definition) is 5. The van der Waals surface area contributed by atoms with Gasteiger partial charge in [0.15, 0.2) is 5.96 Å². The summed E-state index contributed by atoms with van der Waals surface area (Å²) in [6.07, 6.45) is 4.29. The summed E-state index contributed by atoms with van der Waals surface area (Å²) in [5.74, 6) is -1.69. The number of aliphatic carboxylic acids is 1. The molecule has 1 rings (SSSR count). The molecule has 0 bridgehead atoms. The van der Waals surface area contributed by atoms with E-state index in [-0.39, 0.29) is 37.8 Å². The lowest BCUT2D eigenvalue weighted by Gasteiger charge is -2.22. The van der Waals surface area contributed by atoms with Crippen molar-refractivity contribution >= 4 is 29.4 Å². The van der Waals surface area contributed by atoms with E-state index in [1.165, 1.54) is 11.1 Å². The highest BCUT2D eigenvalue weighted by atomic mass is 16.4. The maximum atomic E-state index is 12.4. The molecular weight excluding hydrogens is 340 g/mol. The molecule has 142 valence electrons. The second-order valence-corrected chi connectivity index (χ2v) is 5.44. The number of nitrogens with zero attached hydrogens (tertiary/aromatic N) is 3. The number of rotatable bonds is 11. The fraction of sp³-hybridized carbons (Fsp3) is 0.438. The first kappa shape index (κ1) is 20.9. The topological polar surface area (TPSA) is 164 Å². The Morgan fingerprint density at radius 2 is 2.00 bits per heavy atom. The minimum Gasteiger partial charge on any atom is -0.481 e. The van der Waals surface area contributed by atoms with E-state index in [0.717, 1.165) is 0 Å². The van der Waals surface area contributed by atoms with Crippen molar-refractivity contribution in [1.82, 2.24) is 10.3 Å². The van der Waals surface area contributed by atoms with E-state index in [1.807, 2.05) is 0 Å². The molecule has 1 aromatic rings. The van der Waals surface area contributed by atoms with Crippen LogP contribution in [0.15, 0.2) is 29.5 Å². The van der Waals surface area contributed by atoms with Gasteiger partial charge in [0.1, 0.15) is 0 Å². The number of guanidine groups is 1. The molecule has 0 fully saturated rings. The van der Waals surface area contributed by atoms with Crippen LogP contribution in [0.25, 0.3) is 0 Å². The van der Waals surface area contributed by atoms with Crippen molar-refractivity contribution in [3.8, 4) is 0 Å². The standard InChI is InChI=1S/C16H24N6O4/c17-16(18)20-8-2-1-5-13(23)21-11-14(24)22(9-6-15(25)26)12-4-3-7-19-10-12/h3-4,7,10H,1-2,5-6,8-9,11H2,(H,21,23)(H,25,26)(H4,17,18,20). The first-order valence-electron chi connectivity index (χ1n) is 8.14. The molecule has 0 aliphatic heterocycles.